The molecule has 6 heterocycles. The van der Waals surface area contributed by atoms with Crippen molar-refractivity contribution in [3.05, 3.63) is 51.8 Å². The Bertz CT molecular complexity index is 2000. The summed E-state index contributed by atoms with van der Waals surface area (Å²) >= 11 is 4.42. The van der Waals surface area contributed by atoms with Gasteiger partial charge in [-0.25, -0.2) is 29.3 Å². The third-order valence-corrected chi connectivity index (χ3v) is 9.17. The predicted molar refractivity (Wildman–Crippen MR) is 175 cm³/mol. The molecule has 6 aromatic rings. The zero-order valence-electron chi connectivity index (χ0n) is 26.8. The van der Waals surface area contributed by atoms with Gasteiger partial charge < -0.3 is 34.2 Å². The van der Waals surface area contributed by atoms with Crippen molar-refractivity contribution >= 4 is 93.4 Å². The number of rotatable bonds is 7. The van der Waals surface area contributed by atoms with E-state index in [0.29, 0.717) is 24.6 Å². The molecule has 0 unspecified atom stereocenters. The molecule has 48 heavy (non-hydrogen) atoms. The Kier molecular flexibility index (Phi) is 17.1. The monoisotopic (exact) mass is 738 g/mol. The fourth-order valence-electron chi connectivity index (χ4n) is 3.61. The second-order valence-corrected chi connectivity index (χ2v) is 12.5. The second-order valence-electron chi connectivity index (χ2n) is 8.50. The maximum absolute atomic E-state index is 11.5. The van der Waals surface area contributed by atoms with E-state index in [0.717, 1.165) is 45.3 Å². The van der Waals surface area contributed by atoms with Crippen LogP contribution in [0.1, 0.15) is 45.3 Å². The van der Waals surface area contributed by atoms with Crippen molar-refractivity contribution < 1.29 is 70.1 Å². The Labute approximate surface area is 298 Å². The molecule has 0 saturated carbocycles. The molecule has 0 aliphatic rings. The summed E-state index contributed by atoms with van der Waals surface area (Å²) in [6.45, 7) is 4.35. The first-order chi connectivity index (χ1) is 21.9. The van der Waals surface area contributed by atoms with E-state index in [4.69, 9.17) is 14.6 Å². The van der Waals surface area contributed by atoms with Gasteiger partial charge in [-0.1, -0.05) is 0 Å². The van der Waals surface area contributed by atoms with Crippen LogP contribution in [-0.4, -0.2) is 93.4 Å². The number of H-pyrrole nitrogens is 1. The molecule has 0 fully saturated rings. The quantitative estimate of drug-likeness (QED) is 0.174. The number of aryl methyl sites for hydroxylation is 2. The maximum atomic E-state index is 11.5. The van der Waals surface area contributed by atoms with Crippen LogP contribution in [0.3, 0.4) is 0 Å². The van der Waals surface area contributed by atoms with Crippen LogP contribution in [0.5, 0.6) is 0 Å². The number of carboxylic acids is 1. The number of carbonyl (C=O) groups is 3. The van der Waals surface area contributed by atoms with Crippen LogP contribution < -0.4 is 18.9 Å². The number of aromatic nitrogens is 6. The number of carbonyl (C=O) groups excluding carboxylic acids is 2. The van der Waals surface area contributed by atoms with E-state index in [-0.39, 0.29) is 42.0 Å². The number of hydrogen-bond acceptors (Lipinski definition) is 16. The Hall–Kier alpha value is -3.65. The van der Waals surface area contributed by atoms with Gasteiger partial charge in [-0.3, -0.25) is 8.37 Å². The molecule has 0 aromatic carbocycles. The number of aromatic carboxylic acids is 1. The summed E-state index contributed by atoms with van der Waals surface area (Å²) in [7, 11) is 1.96. The number of nitrogens with zero attached hydrogens (tertiary/aromatic N) is 5. The Morgan fingerprint density at radius 3 is 1.69 bits per heavy atom. The van der Waals surface area contributed by atoms with Crippen LogP contribution >= 0.6 is 34.0 Å². The van der Waals surface area contributed by atoms with Crippen molar-refractivity contribution in [2.75, 3.05) is 27.4 Å². The largest absolute Gasteiger partial charge is 1.00 e. The third kappa shape index (κ3) is 10.7. The first-order valence-electron chi connectivity index (χ1n) is 13.0. The van der Waals surface area contributed by atoms with Gasteiger partial charge in [0.1, 0.15) is 48.1 Å². The minimum absolute atomic E-state index is 0. The van der Waals surface area contributed by atoms with E-state index in [1.807, 2.05) is 11.6 Å². The number of fused-ring (bicyclic) bond motifs is 3. The summed E-state index contributed by atoms with van der Waals surface area (Å²) < 4.78 is 40.7. The molecule has 256 valence electrons. The van der Waals surface area contributed by atoms with E-state index in [1.54, 1.807) is 60.2 Å². The normalized spacial score (nSPS) is 10.4. The molecule has 0 saturated heterocycles. The Morgan fingerprint density at radius 1 is 0.792 bits per heavy atom. The number of ether oxygens (including phenoxy) is 2. The van der Waals surface area contributed by atoms with Crippen molar-refractivity contribution in [1.82, 2.24) is 29.1 Å². The van der Waals surface area contributed by atoms with Crippen LogP contribution in [0.4, 0.5) is 0 Å². The molecular formula is C26H31LiN6O11S4. The topological polar surface area (TPSA) is 237 Å². The molecule has 0 bridgehead atoms. The number of esters is 2. The van der Waals surface area contributed by atoms with Crippen LogP contribution in [0.25, 0.3) is 31.0 Å². The van der Waals surface area contributed by atoms with Gasteiger partial charge in [-0.05, 0) is 32.0 Å². The molecule has 0 spiro atoms. The molecular weight excluding hydrogens is 708 g/mol. The molecule has 0 aliphatic carbocycles. The van der Waals surface area contributed by atoms with Gasteiger partial charge in [0.05, 0.1) is 44.0 Å². The minimum Gasteiger partial charge on any atom is -0.870 e. The number of hydrogen-bond donors (Lipinski definition) is 2. The van der Waals surface area contributed by atoms with Gasteiger partial charge in [-0.2, -0.15) is 8.42 Å². The van der Waals surface area contributed by atoms with E-state index in [2.05, 4.69) is 28.3 Å². The number of nitrogens with one attached hydrogen (secondary N) is 1. The SMILES string of the molecule is CCOC(=O)c1cc2ncsc2[nH]1.CCOC(=O)c1cc2ncsc2n1C.COS(=O)(=O)OC.Cn1c(C(=O)O)cc2ncsc21.[Li+].[OH-]. The molecule has 6 aromatic heterocycles. The molecule has 6 rings (SSSR count). The first-order valence-corrected chi connectivity index (χ1v) is 17.0. The standard InChI is InChI=1S/C9H10N2O2S.C8H8N2O2S.C7H6N2O2S.C2H6O4S.Li.H2O/c1-3-13-9(12)7-4-6-8(11(7)2)14-5-10-6;1-2-12-8(11)6-3-5-7(10-6)13-4-9-5;1-9-5(7(10)11)2-4-6(9)12-3-8-4;1-5-7(3,4)6-2;;/h4-5H,3H2,1-2H3;3-4,10H,2H2,1H3;2-3H,1H3,(H,10,11);1-2H3;;1H2/q;;;;+1;/p-1. The molecule has 17 nitrogen and oxygen atoms in total. The van der Waals surface area contributed by atoms with Gasteiger partial charge in [-0.15, -0.1) is 34.0 Å². The summed E-state index contributed by atoms with van der Waals surface area (Å²) in [6.07, 6.45) is 0. The minimum atomic E-state index is -3.66. The Balaban J connectivity index is 0.000000324. The molecule has 0 aliphatic heterocycles. The molecule has 0 radical (unpaired) electrons. The number of carboxylic acid groups (broad SMARTS) is 1. The molecule has 0 amide bonds. The number of thiazole rings is 3. The fourth-order valence-corrected chi connectivity index (χ4v) is 5.93. The van der Waals surface area contributed by atoms with Crippen molar-refractivity contribution in [3.63, 3.8) is 0 Å². The van der Waals surface area contributed by atoms with E-state index >= 15 is 0 Å². The average molecular weight is 739 g/mol. The van der Waals surface area contributed by atoms with Crippen LogP contribution in [-0.2, 0) is 42.3 Å². The van der Waals surface area contributed by atoms with Crippen molar-refractivity contribution in [1.29, 1.82) is 0 Å². The third-order valence-electron chi connectivity index (χ3n) is 5.76. The van der Waals surface area contributed by atoms with Crippen LogP contribution in [0.2, 0.25) is 0 Å². The van der Waals surface area contributed by atoms with Crippen LogP contribution in [0.15, 0.2) is 34.7 Å². The summed E-state index contributed by atoms with van der Waals surface area (Å²) in [5.41, 5.74) is 8.92. The van der Waals surface area contributed by atoms with Gasteiger partial charge >= 0.3 is 47.2 Å². The zero-order chi connectivity index (χ0) is 34.0. The molecule has 3 N–H and O–H groups in total. The van der Waals surface area contributed by atoms with Crippen molar-refractivity contribution in [3.8, 4) is 0 Å². The Morgan fingerprint density at radius 2 is 1.25 bits per heavy atom. The van der Waals surface area contributed by atoms with E-state index in [1.165, 1.54) is 34.0 Å². The summed E-state index contributed by atoms with van der Waals surface area (Å²) in [4.78, 5) is 51.3. The molecule has 22 heteroatoms. The fraction of sp³-hybridized carbons (Fsp3) is 0.308. The maximum Gasteiger partial charge on any atom is 1.00 e. The van der Waals surface area contributed by atoms with Crippen molar-refractivity contribution in [2.45, 2.75) is 13.8 Å². The summed E-state index contributed by atoms with van der Waals surface area (Å²) in [6, 6.07) is 5.03. The summed E-state index contributed by atoms with van der Waals surface area (Å²) in [5.74, 6) is -1.53. The summed E-state index contributed by atoms with van der Waals surface area (Å²) in [5, 5.41) is 8.74. The van der Waals surface area contributed by atoms with Crippen LogP contribution in [0, 0.1) is 0 Å². The molecule has 0 atom stereocenters. The zero-order valence-corrected chi connectivity index (χ0v) is 30.1. The van der Waals surface area contributed by atoms with E-state index < -0.39 is 16.4 Å². The number of aromatic amines is 1. The smallest absolute Gasteiger partial charge is 0.870 e. The predicted octanol–water partition coefficient (Wildman–Crippen LogP) is 1.30. The average Bonchev–Trinajstić information content (AvgIpc) is 3.86. The van der Waals surface area contributed by atoms with Gasteiger partial charge in [0.15, 0.2) is 0 Å². The van der Waals surface area contributed by atoms with Gasteiger partial charge in [0.2, 0.25) is 0 Å². The van der Waals surface area contributed by atoms with Crippen molar-refractivity contribution in [2.24, 2.45) is 14.1 Å². The second kappa shape index (κ2) is 19.4. The van der Waals surface area contributed by atoms with E-state index in [9.17, 15) is 22.8 Å². The van der Waals surface area contributed by atoms with Gasteiger partial charge in [0.25, 0.3) is 0 Å². The first kappa shape index (κ1) is 42.4. The van der Waals surface area contributed by atoms with Gasteiger partial charge in [0, 0.05) is 14.1 Å².